The smallest absolute Gasteiger partial charge is 0.260 e. The summed E-state index contributed by atoms with van der Waals surface area (Å²) in [6, 6.07) is 4.03. The van der Waals surface area contributed by atoms with Gasteiger partial charge in [-0.25, -0.2) is 4.39 Å². The van der Waals surface area contributed by atoms with E-state index < -0.39 is 5.82 Å². The number of ether oxygens (including phenoxy) is 1. The van der Waals surface area contributed by atoms with Crippen LogP contribution in [0.1, 0.15) is 37.0 Å². The van der Waals surface area contributed by atoms with E-state index in [4.69, 9.17) is 4.74 Å². The van der Waals surface area contributed by atoms with Gasteiger partial charge in [0.2, 0.25) is 0 Å². The second kappa shape index (κ2) is 6.03. The molecule has 0 saturated heterocycles. The van der Waals surface area contributed by atoms with Crippen LogP contribution in [0.2, 0.25) is 0 Å². The van der Waals surface area contributed by atoms with Crippen LogP contribution in [0.4, 0.5) is 4.39 Å². The second-order valence-electron chi connectivity index (χ2n) is 4.90. The monoisotopic (exact) mass is 279 g/mol. The Kier molecular flexibility index (Phi) is 4.37. The molecule has 0 unspecified atom stereocenters. The number of amides is 1. The van der Waals surface area contributed by atoms with E-state index >= 15 is 0 Å². The molecule has 1 saturated carbocycles. The molecule has 0 spiro atoms. The Hall–Kier alpha value is -1.91. The topological polar surface area (TPSA) is 46.6 Å². The van der Waals surface area contributed by atoms with Gasteiger partial charge in [-0.15, -0.1) is 0 Å². The van der Waals surface area contributed by atoms with E-state index in [1.54, 1.807) is 4.90 Å². The van der Waals surface area contributed by atoms with E-state index in [9.17, 15) is 14.0 Å². The maximum absolute atomic E-state index is 13.2. The van der Waals surface area contributed by atoms with Crippen LogP contribution >= 0.6 is 0 Å². The Labute approximate surface area is 117 Å². The molecule has 1 aliphatic rings. The Morgan fingerprint density at radius 1 is 1.40 bits per heavy atom. The number of hydrogen-bond acceptors (Lipinski definition) is 3. The summed E-state index contributed by atoms with van der Waals surface area (Å²) < 4.78 is 18.6. The molecule has 108 valence electrons. The molecule has 0 radical (unpaired) electrons. The molecule has 1 aromatic rings. The molecule has 0 aromatic heterocycles. The summed E-state index contributed by atoms with van der Waals surface area (Å²) in [5.41, 5.74) is 0.286. The van der Waals surface area contributed by atoms with Crippen molar-refractivity contribution in [3.63, 3.8) is 0 Å². The van der Waals surface area contributed by atoms with E-state index in [2.05, 4.69) is 0 Å². The first-order chi connectivity index (χ1) is 9.52. The average molecular weight is 279 g/mol. The summed E-state index contributed by atoms with van der Waals surface area (Å²) in [7, 11) is 0. The zero-order valence-corrected chi connectivity index (χ0v) is 11.7. The van der Waals surface area contributed by atoms with Crippen LogP contribution in [0.15, 0.2) is 18.2 Å². The average Bonchev–Trinajstić information content (AvgIpc) is 3.21. The predicted octanol–water partition coefficient (Wildman–Crippen LogP) is 2.42. The van der Waals surface area contributed by atoms with Gasteiger partial charge in [0.25, 0.3) is 5.91 Å². The third kappa shape index (κ3) is 3.35. The summed E-state index contributed by atoms with van der Waals surface area (Å²) >= 11 is 0. The highest BCUT2D eigenvalue weighted by Gasteiger charge is 2.31. The standard InChI is InChI=1S/C15H18FNO3/c1-3-17(12-5-6-12)15(19)9-20-14-8-11(16)4-7-13(14)10(2)18/h4,7-8,12H,3,5-6,9H2,1-2H3. The Morgan fingerprint density at radius 3 is 2.65 bits per heavy atom. The molecule has 2 rings (SSSR count). The highest BCUT2D eigenvalue weighted by molar-refractivity contribution is 5.96. The van der Waals surface area contributed by atoms with Gasteiger partial charge in [-0.3, -0.25) is 9.59 Å². The van der Waals surface area contributed by atoms with Crippen LogP contribution in [-0.2, 0) is 4.79 Å². The molecule has 0 bridgehead atoms. The Morgan fingerprint density at radius 2 is 2.10 bits per heavy atom. The van der Waals surface area contributed by atoms with Crippen LogP contribution in [0, 0.1) is 5.82 Å². The van der Waals surface area contributed by atoms with Gasteiger partial charge in [0.15, 0.2) is 12.4 Å². The lowest BCUT2D eigenvalue weighted by Gasteiger charge is -2.20. The number of carbonyl (C=O) groups is 2. The first kappa shape index (κ1) is 14.5. The van der Waals surface area contributed by atoms with Crippen LogP contribution in [0.25, 0.3) is 0 Å². The molecule has 1 aliphatic carbocycles. The first-order valence-electron chi connectivity index (χ1n) is 6.75. The fourth-order valence-corrected chi connectivity index (χ4v) is 2.15. The zero-order chi connectivity index (χ0) is 14.7. The van der Waals surface area contributed by atoms with Gasteiger partial charge in [0, 0.05) is 18.7 Å². The van der Waals surface area contributed by atoms with Crippen molar-refractivity contribution >= 4 is 11.7 Å². The minimum atomic E-state index is -0.494. The molecular weight excluding hydrogens is 261 g/mol. The molecule has 20 heavy (non-hydrogen) atoms. The lowest BCUT2D eigenvalue weighted by atomic mass is 10.1. The highest BCUT2D eigenvalue weighted by Crippen LogP contribution is 2.27. The van der Waals surface area contributed by atoms with E-state index in [1.165, 1.54) is 19.1 Å². The van der Waals surface area contributed by atoms with Crippen LogP contribution in [0.5, 0.6) is 5.75 Å². The molecule has 0 N–H and O–H groups in total. The number of carbonyl (C=O) groups excluding carboxylic acids is 2. The normalized spacial score (nSPS) is 13.9. The third-order valence-electron chi connectivity index (χ3n) is 3.32. The third-order valence-corrected chi connectivity index (χ3v) is 3.32. The largest absolute Gasteiger partial charge is 0.483 e. The summed E-state index contributed by atoms with van der Waals surface area (Å²) in [6.07, 6.45) is 2.05. The van der Waals surface area contributed by atoms with Crippen LogP contribution in [0.3, 0.4) is 0 Å². The van der Waals surface area contributed by atoms with Crippen LogP contribution in [-0.4, -0.2) is 35.8 Å². The molecule has 0 aliphatic heterocycles. The summed E-state index contributed by atoms with van der Waals surface area (Å²) in [6.45, 7) is 3.76. The van der Waals surface area contributed by atoms with Crippen molar-refractivity contribution in [1.29, 1.82) is 0 Å². The highest BCUT2D eigenvalue weighted by atomic mass is 19.1. The number of Topliss-reactive ketones (excluding diaryl/α,β-unsaturated/α-hetero) is 1. The van der Waals surface area contributed by atoms with Crippen molar-refractivity contribution in [3.05, 3.63) is 29.6 Å². The van der Waals surface area contributed by atoms with Crippen molar-refractivity contribution in [1.82, 2.24) is 4.90 Å². The molecule has 0 heterocycles. The number of halogens is 1. The Balaban J connectivity index is 2.04. The van der Waals surface area contributed by atoms with E-state index in [0.717, 1.165) is 18.9 Å². The fraction of sp³-hybridized carbons (Fsp3) is 0.467. The van der Waals surface area contributed by atoms with Gasteiger partial charge >= 0.3 is 0 Å². The van der Waals surface area contributed by atoms with Gasteiger partial charge in [-0.1, -0.05) is 0 Å². The predicted molar refractivity (Wildman–Crippen MR) is 72.3 cm³/mol. The summed E-state index contributed by atoms with van der Waals surface area (Å²) in [4.78, 5) is 25.2. The molecule has 0 atom stereocenters. The van der Waals surface area contributed by atoms with Crippen molar-refractivity contribution in [2.24, 2.45) is 0 Å². The zero-order valence-electron chi connectivity index (χ0n) is 11.7. The number of rotatable bonds is 6. The molecule has 4 nitrogen and oxygen atoms in total. The molecule has 1 fully saturated rings. The number of hydrogen-bond donors (Lipinski definition) is 0. The van der Waals surface area contributed by atoms with E-state index in [0.29, 0.717) is 12.6 Å². The van der Waals surface area contributed by atoms with Gasteiger partial charge in [-0.05, 0) is 38.8 Å². The second-order valence-corrected chi connectivity index (χ2v) is 4.90. The number of nitrogens with zero attached hydrogens (tertiary/aromatic N) is 1. The van der Waals surface area contributed by atoms with Crippen LogP contribution < -0.4 is 4.74 Å². The minimum Gasteiger partial charge on any atom is -0.483 e. The lowest BCUT2D eigenvalue weighted by molar-refractivity contribution is -0.133. The van der Waals surface area contributed by atoms with Gasteiger partial charge in [0.1, 0.15) is 11.6 Å². The number of ketones is 1. The number of benzene rings is 1. The van der Waals surface area contributed by atoms with Gasteiger partial charge in [0.05, 0.1) is 5.56 Å². The lowest BCUT2D eigenvalue weighted by Crippen LogP contribution is -2.36. The SMILES string of the molecule is CCN(C(=O)COc1cc(F)ccc1C(C)=O)C1CC1. The van der Waals surface area contributed by atoms with Crippen molar-refractivity contribution in [2.45, 2.75) is 32.7 Å². The quantitative estimate of drug-likeness (QED) is 0.751. The first-order valence-corrected chi connectivity index (χ1v) is 6.75. The molecule has 1 aromatic carbocycles. The maximum Gasteiger partial charge on any atom is 0.260 e. The number of likely N-dealkylation sites (N-methyl/N-ethyl adjacent to an activating group) is 1. The fourth-order valence-electron chi connectivity index (χ4n) is 2.15. The maximum atomic E-state index is 13.2. The van der Waals surface area contributed by atoms with Gasteiger partial charge < -0.3 is 9.64 Å². The van der Waals surface area contributed by atoms with Crippen molar-refractivity contribution in [3.8, 4) is 5.75 Å². The van der Waals surface area contributed by atoms with Crippen molar-refractivity contribution < 1.29 is 18.7 Å². The van der Waals surface area contributed by atoms with Crippen molar-refractivity contribution in [2.75, 3.05) is 13.2 Å². The molecule has 5 heteroatoms. The molecule has 1 amide bonds. The summed E-state index contributed by atoms with van der Waals surface area (Å²) in [5.74, 6) is -0.722. The van der Waals surface area contributed by atoms with E-state index in [1.807, 2.05) is 6.92 Å². The van der Waals surface area contributed by atoms with Gasteiger partial charge in [-0.2, -0.15) is 0 Å². The minimum absolute atomic E-state index is 0.123. The Bertz CT molecular complexity index is 526. The van der Waals surface area contributed by atoms with E-state index in [-0.39, 0.29) is 29.6 Å². The summed E-state index contributed by atoms with van der Waals surface area (Å²) in [5, 5.41) is 0. The molecular formula is C15H18FNO3.